The van der Waals surface area contributed by atoms with E-state index in [1.807, 2.05) is 10.9 Å². The van der Waals surface area contributed by atoms with Gasteiger partial charge in [0.2, 0.25) is 0 Å². The van der Waals surface area contributed by atoms with Crippen molar-refractivity contribution in [2.24, 2.45) is 5.92 Å². The fourth-order valence-corrected chi connectivity index (χ4v) is 3.06. The van der Waals surface area contributed by atoms with E-state index in [4.69, 9.17) is 23.2 Å². The Balaban J connectivity index is 1.60. The van der Waals surface area contributed by atoms with Crippen molar-refractivity contribution in [2.45, 2.75) is 19.4 Å². The van der Waals surface area contributed by atoms with E-state index in [1.165, 1.54) is 0 Å². The number of pyridine rings is 1. The summed E-state index contributed by atoms with van der Waals surface area (Å²) in [7, 11) is 0. The summed E-state index contributed by atoms with van der Waals surface area (Å²) in [6, 6.07) is 1.74. The normalized spacial score (nSPS) is 16.6. The number of rotatable bonds is 3. The van der Waals surface area contributed by atoms with Gasteiger partial charge in [0.1, 0.15) is 5.82 Å². The minimum atomic E-state index is 0.569. The van der Waals surface area contributed by atoms with E-state index in [9.17, 15) is 0 Å². The van der Waals surface area contributed by atoms with Crippen molar-refractivity contribution < 1.29 is 0 Å². The molecule has 0 radical (unpaired) electrons. The predicted octanol–water partition coefficient (Wildman–Crippen LogP) is 2.90. The molecule has 0 unspecified atom stereocenters. The van der Waals surface area contributed by atoms with Crippen LogP contribution in [0, 0.1) is 5.92 Å². The Morgan fingerprint density at radius 3 is 2.70 bits per heavy atom. The van der Waals surface area contributed by atoms with Crippen molar-refractivity contribution in [3.8, 4) is 0 Å². The van der Waals surface area contributed by atoms with Crippen molar-refractivity contribution in [3.05, 3.63) is 34.7 Å². The Kier molecular flexibility index (Phi) is 4.08. The first-order chi connectivity index (χ1) is 9.72. The van der Waals surface area contributed by atoms with E-state index in [0.29, 0.717) is 16.0 Å². The number of anilines is 1. The number of hydrogen-bond donors (Lipinski definition) is 0. The highest BCUT2D eigenvalue weighted by Crippen LogP contribution is 2.29. The average Bonchev–Trinajstić information content (AvgIpc) is 2.93. The summed E-state index contributed by atoms with van der Waals surface area (Å²) in [5.41, 5.74) is 0. The molecule has 20 heavy (non-hydrogen) atoms. The molecule has 1 aliphatic rings. The molecular formula is C13H15Cl2N5. The average molecular weight is 312 g/mol. The lowest BCUT2D eigenvalue weighted by molar-refractivity contribution is 0.338. The van der Waals surface area contributed by atoms with Gasteiger partial charge in [-0.2, -0.15) is 0 Å². The zero-order chi connectivity index (χ0) is 13.9. The van der Waals surface area contributed by atoms with Gasteiger partial charge in [0.25, 0.3) is 0 Å². The monoisotopic (exact) mass is 311 g/mol. The summed E-state index contributed by atoms with van der Waals surface area (Å²) in [4.78, 5) is 6.56. The Morgan fingerprint density at radius 1 is 1.25 bits per heavy atom. The fraction of sp³-hybridized carbons (Fsp3) is 0.462. The van der Waals surface area contributed by atoms with Crippen LogP contribution in [0.2, 0.25) is 10.0 Å². The quantitative estimate of drug-likeness (QED) is 0.874. The summed E-state index contributed by atoms with van der Waals surface area (Å²) in [6.45, 7) is 2.83. The molecule has 0 bridgehead atoms. The molecule has 3 rings (SSSR count). The van der Waals surface area contributed by atoms with Gasteiger partial charge in [-0.1, -0.05) is 28.4 Å². The number of halogens is 2. The molecule has 0 aromatic carbocycles. The van der Waals surface area contributed by atoms with Crippen LogP contribution in [-0.2, 0) is 6.54 Å². The first-order valence-corrected chi connectivity index (χ1v) is 7.38. The number of aromatic nitrogens is 4. The Bertz CT molecular complexity index is 564. The van der Waals surface area contributed by atoms with Gasteiger partial charge >= 0.3 is 0 Å². The molecule has 0 atom stereocenters. The molecule has 0 saturated carbocycles. The van der Waals surface area contributed by atoms with Crippen LogP contribution in [0.3, 0.4) is 0 Å². The van der Waals surface area contributed by atoms with Gasteiger partial charge in [-0.25, -0.2) is 4.98 Å². The molecule has 3 heterocycles. The predicted molar refractivity (Wildman–Crippen MR) is 79.2 cm³/mol. The summed E-state index contributed by atoms with van der Waals surface area (Å²) >= 11 is 12.1. The van der Waals surface area contributed by atoms with Gasteiger partial charge in [0.05, 0.1) is 16.2 Å². The highest BCUT2D eigenvalue weighted by molar-refractivity contribution is 6.36. The third kappa shape index (κ3) is 3.04. The van der Waals surface area contributed by atoms with Gasteiger partial charge < -0.3 is 4.90 Å². The molecule has 2 aromatic heterocycles. The molecular weight excluding hydrogens is 297 g/mol. The van der Waals surface area contributed by atoms with E-state index in [0.717, 1.165) is 38.3 Å². The van der Waals surface area contributed by atoms with Crippen LogP contribution in [0.15, 0.2) is 24.7 Å². The maximum Gasteiger partial charge on any atom is 0.147 e. The van der Waals surface area contributed by atoms with Gasteiger partial charge in [-0.15, -0.1) is 5.10 Å². The molecule has 106 valence electrons. The van der Waals surface area contributed by atoms with E-state index < -0.39 is 0 Å². The molecule has 1 saturated heterocycles. The summed E-state index contributed by atoms with van der Waals surface area (Å²) in [6.07, 6.45) is 7.46. The van der Waals surface area contributed by atoms with E-state index in [-0.39, 0.29) is 0 Å². The topological polar surface area (TPSA) is 46.8 Å². The van der Waals surface area contributed by atoms with Crippen LogP contribution in [0.5, 0.6) is 0 Å². The lowest BCUT2D eigenvalue weighted by atomic mass is 9.97. The van der Waals surface area contributed by atoms with Gasteiger partial charge in [0, 0.05) is 32.0 Å². The smallest absolute Gasteiger partial charge is 0.147 e. The van der Waals surface area contributed by atoms with E-state index >= 15 is 0 Å². The zero-order valence-corrected chi connectivity index (χ0v) is 12.4. The molecule has 1 aliphatic heterocycles. The van der Waals surface area contributed by atoms with E-state index in [2.05, 4.69) is 20.2 Å². The van der Waals surface area contributed by atoms with Crippen LogP contribution in [-0.4, -0.2) is 33.1 Å². The van der Waals surface area contributed by atoms with Crippen molar-refractivity contribution in [3.63, 3.8) is 0 Å². The van der Waals surface area contributed by atoms with E-state index in [1.54, 1.807) is 18.5 Å². The lowest BCUT2D eigenvalue weighted by Crippen LogP contribution is -2.35. The minimum absolute atomic E-state index is 0.569. The van der Waals surface area contributed by atoms with Crippen molar-refractivity contribution in [1.29, 1.82) is 0 Å². The van der Waals surface area contributed by atoms with Gasteiger partial charge in [-0.05, 0) is 24.8 Å². The van der Waals surface area contributed by atoms with Crippen LogP contribution in [0.4, 0.5) is 5.82 Å². The summed E-state index contributed by atoms with van der Waals surface area (Å²) in [5.74, 6) is 1.45. The third-order valence-electron chi connectivity index (χ3n) is 3.62. The zero-order valence-electron chi connectivity index (χ0n) is 10.9. The fourth-order valence-electron chi connectivity index (χ4n) is 2.56. The maximum atomic E-state index is 6.20. The van der Waals surface area contributed by atoms with Crippen LogP contribution in [0.25, 0.3) is 0 Å². The van der Waals surface area contributed by atoms with Gasteiger partial charge in [0.15, 0.2) is 0 Å². The Labute approximate surface area is 127 Å². The molecule has 0 amide bonds. The highest BCUT2D eigenvalue weighted by Gasteiger charge is 2.22. The summed E-state index contributed by atoms with van der Waals surface area (Å²) < 4.78 is 1.90. The Hall–Kier alpha value is -1.33. The van der Waals surface area contributed by atoms with Crippen molar-refractivity contribution >= 4 is 29.0 Å². The second kappa shape index (κ2) is 5.97. The minimum Gasteiger partial charge on any atom is -0.355 e. The number of piperidine rings is 1. The highest BCUT2D eigenvalue weighted by atomic mass is 35.5. The lowest BCUT2D eigenvalue weighted by Gasteiger charge is -2.33. The second-order valence-electron chi connectivity index (χ2n) is 5.01. The Morgan fingerprint density at radius 2 is 2.05 bits per heavy atom. The van der Waals surface area contributed by atoms with Crippen LogP contribution < -0.4 is 4.90 Å². The van der Waals surface area contributed by atoms with Crippen molar-refractivity contribution in [2.75, 3.05) is 18.0 Å². The molecule has 5 nitrogen and oxygen atoms in total. The van der Waals surface area contributed by atoms with Crippen molar-refractivity contribution in [1.82, 2.24) is 20.0 Å². The molecule has 0 spiro atoms. The molecule has 0 aliphatic carbocycles. The largest absolute Gasteiger partial charge is 0.355 e. The van der Waals surface area contributed by atoms with Crippen LogP contribution in [0.1, 0.15) is 12.8 Å². The third-order valence-corrected chi connectivity index (χ3v) is 4.10. The standard InChI is InChI=1S/C13H15Cl2N5/c14-11-7-12(15)13(16-8-11)19-4-1-10(2-5-19)9-20-6-3-17-18-20/h3,6-8,10H,1-2,4-5,9H2. The SMILES string of the molecule is Clc1cnc(N2CCC(Cn3ccnn3)CC2)c(Cl)c1. The first-order valence-electron chi connectivity index (χ1n) is 6.62. The summed E-state index contributed by atoms with van der Waals surface area (Å²) in [5, 5.41) is 9.04. The maximum absolute atomic E-state index is 6.20. The molecule has 1 fully saturated rings. The molecule has 0 N–H and O–H groups in total. The van der Waals surface area contributed by atoms with Gasteiger partial charge in [-0.3, -0.25) is 4.68 Å². The number of nitrogens with zero attached hydrogens (tertiary/aromatic N) is 5. The molecule has 2 aromatic rings. The first kappa shape index (κ1) is 13.6. The molecule has 7 heteroatoms. The number of hydrogen-bond acceptors (Lipinski definition) is 4. The second-order valence-corrected chi connectivity index (χ2v) is 5.86. The van der Waals surface area contributed by atoms with Crippen LogP contribution >= 0.6 is 23.2 Å².